The molecular formula is C19H21FN2O3S. The lowest BCUT2D eigenvalue weighted by Gasteiger charge is -2.12. The molecule has 7 heteroatoms. The van der Waals surface area contributed by atoms with E-state index in [2.05, 4.69) is 9.71 Å². The molecule has 3 aromatic rings. The lowest BCUT2D eigenvalue weighted by atomic mass is 10.1. The summed E-state index contributed by atoms with van der Waals surface area (Å²) in [6, 6.07) is 7.85. The molecule has 0 saturated heterocycles. The van der Waals surface area contributed by atoms with Crippen LogP contribution in [-0.4, -0.2) is 27.1 Å². The summed E-state index contributed by atoms with van der Waals surface area (Å²) in [5.74, 6) is 0.351. The number of hydrogen-bond donors (Lipinski definition) is 2. The molecule has 0 amide bonds. The number of H-pyrrole nitrogens is 1. The van der Waals surface area contributed by atoms with Gasteiger partial charge in [-0.1, -0.05) is 0 Å². The van der Waals surface area contributed by atoms with Gasteiger partial charge in [-0.05, 0) is 67.3 Å². The highest BCUT2D eigenvalue weighted by Crippen LogP contribution is 2.25. The minimum absolute atomic E-state index is 0.247. The number of rotatable bonds is 6. The van der Waals surface area contributed by atoms with Gasteiger partial charge in [0.05, 0.1) is 12.0 Å². The molecule has 26 heavy (non-hydrogen) atoms. The molecule has 1 heterocycles. The fourth-order valence-electron chi connectivity index (χ4n) is 3.04. The van der Waals surface area contributed by atoms with Crippen LogP contribution in [0.1, 0.15) is 16.7 Å². The van der Waals surface area contributed by atoms with Crippen LogP contribution in [0.25, 0.3) is 10.9 Å². The maximum atomic E-state index is 13.2. The van der Waals surface area contributed by atoms with Crippen LogP contribution >= 0.6 is 0 Å². The topological polar surface area (TPSA) is 71.2 Å². The first kappa shape index (κ1) is 18.4. The summed E-state index contributed by atoms with van der Waals surface area (Å²) in [7, 11) is -2.07. The van der Waals surface area contributed by atoms with Gasteiger partial charge in [0, 0.05) is 23.6 Å². The monoisotopic (exact) mass is 376 g/mol. The highest BCUT2D eigenvalue weighted by molar-refractivity contribution is 7.89. The fourth-order valence-corrected chi connectivity index (χ4v) is 4.38. The van der Waals surface area contributed by atoms with E-state index in [0.717, 1.165) is 16.5 Å². The molecule has 1 aromatic heterocycles. The van der Waals surface area contributed by atoms with Crippen molar-refractivity contribution in [2.24, 2.45) is 0 Å². The molecule has 0 aliphatic rings. The zero-order valence-electron chi connectivity index (χ0n) is 14.9. The van der Waals surface area contributed by atoms with Gasteiger partial charge in [0.2, 0.25) is 10.0 Å². The molecule has 3 rings (SSSR count). The number of fused-ring (bicyclic) bond motifs is 1. The molecule has 5 nitrogen and oxygen atoms in total. The number of benzene rings is 2. The molecule has 2 N–H and O–H groups in total. The van der Waals surface area contributed by atoms with Crippen molar-refractivity contribution in [1.82, 2.24) is 9.71 Å². The van der Waals surface area contributed by atoms with Gasteiger partial charge in [-0.3, -0.25) is 0 Å². The Morgan fingerprint density at radius 3 is 2.65 bits per heavy atom. The predicted molar refractivity (Wildman–Crippen MR) is 99.6 cm³/mol. The highest BCUT2D eigenvalue weighted by Gasteiger charge is 2.18. The van der Waals surface area contributed by atoms with Crippen molar-refractivity contribution < 1.29 is 17.5 Å². The molecule has 0 unspecified atom stereocenters. The number of methoxy groups -OCH3 is 1. The van der Waals surface area contributed by atoms with Gasteiger partial charge >= 0.3 is 0 Å². The van der Waals surface area contributed by atoms with E-state index in [1.807, 2.05) is 6.92 Å². The molecule has 0 bridgehead atoms. The van der Waals surface area contributed by atoms with E-state index in [4.69, 9.17) is 4.74 Å². The van der Waals surface area contributed by atoms with Crippen molar-refractivity contribution >= 4 is 20.9 Å². The highest BCUT2D eigenvalue weighted by atomic mass is 32.2. The molecule has 0 aliphatic heterocycles. The standard InChI is InChI=1S/C19H21FN2O3S/c1-12-9-19(13(2)8-18(12)25-3)26(23,24)22-7-6-14-11-21-17-10-15(20)4-5-16(14)17/h4-5,8-11,21-22H,6-7H2,1-3H3. The summed E-state index contributed by atoms with van der Waals surface area (Å²) >= 11 is 0. The Balaban J connectivity index is 1.75. The molecule has 0 fully saturated rings. The summed E-state index contributed by atoms with van der Waals surface area (Å²) in [6.07, 6.45) is 2.28. The number of aryl methyl sites for hydroxylation is 2. The molecule has 0 radical (unpaired) electrons. The van der Waals surface area contributed by atoms with Gasteiger partial charge in [-0.25, -0.2) is 17.5 Å². The first-order valence-corrected chi connectivity index (χ1v) is 9.70. The smallest absolute Gasteiger partial charge is 0.240 e. The third-order valence-corrected chi connectivity index (χ3v) is 6.00. The van der Waals surface area contributed by atoms with Crippen molar-refractivity contribution in [3.8, 4) is 5.75 Å². The summed E-state index contributed by atoms with van der Waals surface area (Å²) in [6.45, 7) is 3.80. The van der Waals surface area contributed by atoms with E-state index in [-0.39, 0.29) is 17.3 Å². The van der Waals surface area contributed by atoms with E-state index < -0.39 is 10.0 Å². The summed E-state index contributed by atoms with van der Waals surface area (Å²) in [5, 5.41) is 0.891. The van der Waals surface area contributed by atoms with Crippen LogP contribution in [-0.2, 0) is 16.4 Å². The zero-order chi connectivity index (χ0) is 18.9. The Hall–Kier alpha value is -2.38. The van der Waals surface area contributed by atoms with Crippen molar-refractivity contribution in [2.45, 2.75) is 25.2 Å². The minimum atomic E-state index is -3.63. The molecule has 0 atom stereocenters. The second-order valence-electron chi connectivity index (χ2n) is 6.24. The molecule has 0 saturated carbocycles. The average molecular weight is 376 g/mol. The van der Waals surface area contributed by atoms with Crippen molar-refractivity contribution in [3.05, 3.63) is 59.0 Å². The van der Waals surface area contributed by atoms with Crippen LogP contribution in [0.2, 0.25) is 0 Å². The van der Waals surface area contributed by atoms with E-state index in [9.17, 15) is 12.8 Å². The predicted octanol–water partition coefficient (Wildman–Crippen LogP) is 3.45. The fraction of sp³-hybridized carbons (Fsp3) is 0.263. The number of aromatic amines is 1. The summed E-state index contributed by atoms with van der Waals surface area (Å²) in [4.78, 5) is 3.25. The minimum Gasteiger partial charge on any atom is -0.496 e. The Bertz CT molecular complexity index is 1060. The Morgan fingerprint density at radius 1 is 1.15 bits per heavy atom. The van der Waals surface area contributed by atoms with Crippen LogP contribution in [0.4, 0.5) is 4.39 Å². The van der Waals surface area contributed by atoms with Gasteiger partial charge in [0.15, 0.2) is 0 Å². The lowest BCUT2D eigenvalue weighted by molar-refractivity contribution is 0.411. The van der Waals surface area contributed by atoms with Crippen LogP contribution in [0.5, 0.6) is 5.75 Å². The quantitative estimate of drug-likeness (QED) is 0.692. The summed E-state index contributed by atoms with van der Waals surface area (Å²) < 4.78 is 46.4. The second-order valence-corrected chi connectivity index (χ2v) is 7.97. The van der Waals surface area contributed by atoms with E-state index >= 15 is 0 Å². The van der Waals surface area contributed by atoms with Crippen molar-refractivity contribution in [2.75, 3.05) is 13.7 Å². The van der Waals surface area contributed by atoms with Gasteiger partial charge < -0.3 is 9.72 Å². The maximum Gasteiger partial charge on any atom is 0.240 e. The van der Waals surface area contributed by atoms with Crippen LogP contribution in [0.15, 0.2) is 41.4 Å². The molecule has 2 aromatic carbocycles. The number of ether oxygens (including phenoxy) is 1. The lowest BCUT2D eigenvalue weighted by Crippen LogP contribution is -2.26. The first-order valence-electron chi connectivity index (χ1n) is 8.22. The maximum absolute atomic E-state index is 13.2. The summed E-state index contributed by atoms with van der Waals surface area (Å²) in [5.41, 5.74) is 3.02. The van der Waals surface area contributed by atoms with Crippen molar-refractivity contribution in [1.29, 1.82) is 0 Å². The largest absolute Gasteiger partial charge is 0.496 e. The number of nitrogens with one attached hydrogen (secondary N) is 2. The van der Waals surface area contributed by atoms with Crippen molar-refractivity contribution in [3.63, 3.8) is 0 Å². The SMILES string of the molecule is COc1cc(C)c(S(=O)(=O)NCCc2c[nH]c3cc(F)ccc23)cc1C. The van der Waals surface area contributed by atoms with Crippen LogP contribution < -0.4 is 9.46 Å². The van der Waals surface area contributed by atoms with Crippen LogP contribution in [0.3, 0.4) is 0 Å². The zero-order valence-corrected chi connectivity index (χ0v) is 15.7. The number of sulfonamides is 1. The van der Waals surface area contributed by atoms with Gasteiger partial charge in [-0.2, -0.15) is 0 Å². The van der Waals surface area contributed by atoms with E-state index in [1.165, 1.54) is 12.1 Å². The van der Waals surface area contributed by atoms with Crippen LogP contribution in [0, 0.1) is 19.7 Å². The third kappa shape index (κ3) is 3.59. The molecule has 0 aliphatic carbocycles. The first-order chi connectivity index (χ1) is 12.3. The number of aromatic nitrogens is 1. The molecular weight excluding hydrogens is 355 g/mol. The Labute approximate surface area is 152 Å². The van der Waals surface area contributed by atoms with Gasteiger partial charge in [-0.15, -0.1) is 0 Å². The number of hydrogen-bond acceptors (Lipinski definition) is 3. The Morgan fingerprint density at radius 2 is 1.92 bits per heavy atom. The molecule has 0 spiro atoms. The second kappa shape index (κ2) is 7.09. The van der Waals surface area contributed by atoms with Gasteiger partial charge in [0.1, 0.15) is 11.6 Å². The van der Waals surface area contributed by atoms with Gasteiger partial charge in [0.25, 0.3) is 0 Å². The third-order valence-electron chi connectivity index (χ3n) is 4.40. The molecule has 138 valence electrons. The number of halogens is 1. The van der Waals surface area contributed by atoms with E-state index in [1.54, 1.807) is 38.4 Å². The Kier molecular flexibility index (Phi) is 5.02. The van der Waals surface area contributed by atoms with E-state index in [0.29, 0.717) is 23.3 Å². The average Bonchev–Trinajstić information content (AvgIpc) is 2.98. The normalized spacial score (nSPS) is 11.8.